The Balaban J connectivity index is 2.66. The molecule has 0 aliphatic rings. The van der Waals surface area contributed by atoms with Crippen molar-refractivity contribution in [1.82, 2.24) is 9.78 Å². The van der Waals surface area contributed by atoms with Crippen LogP contribution in [-0.2, 0) is 12.5 Å². The summed E-state index contributed by atoms with van der Waals surface area (Å²) in [5.74, 6) is 1.51. The summed E-state index contributed by atoms with van der Waals surface area (Å²) in [6.07, 6.45) is 1.00. The van der Waals surface area contributed by atoms with E-state index in [9.17, 15) is 0 Å². The molecule has 0 bridgehead atoms. The van der Waals surface area contributed by atoms with Crippen LogP contribution in [0.3, 0.4) is 0 Å². The molecule has 0 spiro atoms. The molecule has 2 aromatic rings. The van der Waals surface area contributed by atoms with Gasteiger partial charge in [0.1, 0.15) is 11.6 Å². The van der Waals surface area contributed by atoms with E-state index < -0.39 is 0 Å². The van der Waals surface area contributed by atoms with Crippen LogP contribution in [0.2, 0.25) is 0 Å². The van der Waals surface area contributed by atoms with Gasteiger partial charge in [0.15, 0.2) is 0 Å². The zero-order valence-corrected chi connectivity index (χ0v) is 12.9. The summed E-state index contributed by atoms with van der Waals surface area (Å²) < 4.78 is 7.06. The topological polar surface area (TPSA) is 53.1 Å². The summed E-state index contributed by atoms with van der Waals surface area (Å²) in [7, 11) is 3.55. The molecule has 0 saturated heterocycles. The lowest BCUT2D eigenvalue weighted by atomic mass is 9.83. The zero-order valence-electron chi connectivity index (χ0n) is 12.9. The number of anilines is 1. The summed E-state index contributed by atoms with van der Waals surface area (Å²) in [5, 5.41) is 4.64. The molecule has 2 N–H and O–H groups in total. The number of benzene rings is 1. The number of rotatable bonds is 4. The van der Waals surface area contributed by atoms with E-state index >= 15 is 0 Å². The molecule has 20 heavy (non-hydrogen) atoms. The largest absolute Gasteiger partial charge is 0.497 e. The third-order valence-electron chi connectivity index (χ3n) is 3.97. The van der Waals surface area contributed by atoms with Crippen LogP contribution in [0.5, 0.6) is 5.75 Å². The predicted octanol–water partition coefficient (Wildman–Crippen LogP) is 3.37. The Morgan fingerprint density at radius 1 is 1.35 bits per heavy atom. The summed E-state index contributed by atoms with van der Waals surface area (Å²) in [5.41, 5.74) is 9.31. The molecule has 1 aromatic carbocycles. The van der Waals surface area contributed by atoms with Crippen LogP contribution < -0.4 is 10.5 Å². The summed E-state index contributed by atoms with van der Waals surface area (Å²) in [6.45, 7) is 6.55. The Labute approximate surface area is 120 Å². The lowest BCUT2D eigenvalue weighted by molar-refractivity contribution is 0.415. The van der Waals surface area contributed by atoms with Gasteiger partial charge in [-0.15, -0.1) is 0 Å². The molecule has 0 radical (unpaired) electrons. The predicted molar refractivity (Wildman–Crippen MR) is 82.9 cm³/mol. The molecule has 2 rings (SSSR count). The average Bonchev–Trinajstić information content (AvgIpc) is 2.76. The Kier molecular flexibility index (Phi) is 3.75. The molecule has 1 aromatic heterocycles. The van der Waals surface area contributed by atoms with Crippen molar-refractivity contribution in [3.8, 4) is 16.9 Å². The zero-order chi connectivity index (χ0) is 14.9. The first-order valence-corrected chi connectivity index (χ1v) is 6.88. The molecule has 0 aliphatic heterocycles. The first kappa shape index (κ1) is 14.4. The van der Waals surface area contributed by atoms with E-state index in [-0.39, 0.29) is 5.41 Å². The Morgan fingerprint density at radius 2 is 2.05 bits per heavy atom. The quantitative estimate of drug-likeness (QED) is 0.929. The fraction of sp³-hybridized carbons (Fsp3) is 0.438. The number of aromatic nitrogens is 2. The van der Waals surface area contributed by atoms with Crippen molar-refractivity contribution in [2.75, 3.05) is 12.8 Å². The molecule has 0 amide bonds. The smallest absolute Gasteiger partial charge is 0.129 e. The molecule has 0 aliphatic carbocycles. The molecule has 0 saturated carbocycles. The Morgan fingerprint density at radius 3 is 2.65 bits per heavy atom. The lowest BCUT2D eigenvalue weighted by Gasteiger charge is -2.22. The second-order valence-corrected chi connectivity index (χ2v) is 5.70. The van der Waals surface area contributed by atoms with Gasteiger partial charge in [0.25, 0.3) is 0 Å². The van der Waals surface area contributed by atoms with Crippen LogP contribution >= 0.6 is 0 Å². The number of nitrogens with zero attached hydrogens (tertiary/aromatic N) is 2. The van der Waals surface area contributed by atoms with Gasteiger partial charge in [0.05, 0.1) is 12.8 Å². The molecular formula is C16H23N3O. The van der Waals surface area contributed by atoms with Crippen molar-refractivity contribution in [1.29, 1.82) is 0 Å². The van der Waals surface area contributed by atoms with Crippen molar-refractivity contribution in [2.24, 2.45) is 7.05 Å². The molecule has 4 nitrogen and oxygen atoms in total. The minimum atomic E-state index is -0.0200. The molecule has 4 heteroatoms. The van der Waals surface area contributed by atoms with Crippen molar-refractivity contribution in [2.45, 2.75) is 32.6 Å². The molecule has 0 unspecified atom stereocenters. The van der Waals surface area contributed by atoms with Crippen molar-refractivity contribution in [3.05, 3.63) is 30.0 Å². The first-order chi connectivity index (χ1) is 9.40. The second-order valence-electron chi connectivity index (χ2n) is 5.70. The summed E-state index contributed by atoms with van der Waals surface area (Å²) in [4.78, 5) is 0. The van der Waals surface area contributed by atoms with Crippen molar-refractivity contribution in [3.63, 3.8) is 0 Å². The molecule has 1 heterocycles. The van der Waals surface area contributed by atoms with Gasteiger partial charge in [-0.2, -0.15) is 5.10 Å². The monoisotopic (exact) mass is 273 g/mol. The van der Waals surface area contributed by atoms with Gasteiger partial charge in [-0.3, -0.25) is 4.68 Å². The highest BCUT2D eigenvalue weighted by Gasteiger charge is 2.28. The highest BCUT2D eigenvalue weighted by molar-refractivity contribution is 5.78. The van der Waals surface area contributed by atoms with Gasteiger partial charge in [-0.1, -0.05) is 32.9 Å². The van der Waals surface area contributed by atoms with E-state index in [2.05, 4.69) is 25.9 Å². The third kappa shape index (κ3) is 2.38. The number of hydrogen-bond acceptors (Lipinski definition) is 3. The highest BCUT2D eigenvalue weighted by atomic mass is 16.5. The van der Waals surface area contributed by atoms with Gasteiger partial charge in [-0.05, 0) is 24.1 Å². The van der Waals surface area contributed by atoms with Crippen LogP contribution in [0, 0.1) is 0 Å². The third-order valence-corrected chi connectivity index (χ3v) is 3.97. The lowest BCUT2D eigenvalue weighted by Crippen LogP contribution is -2.17. The second kappa shape index (κ2) is 5.19. The van der Waals surface area contributed by atoms with E-state index in [1.807, 2.05) is 31.3 Å². The Bertz CT molecular complexity index is 614. The van der Waals surface area contributed by atoms with Crippen LogP contribution in [0.15, 0.2) is 24.3 Å². The average molecular weight is 273 g/mol. The Hall–Kier alpha value is -1.97. The van der Waals surface area contributed by atoms with E-state index in [1.54, 1.807) is 11.8 Å². The van der Waals surface area contributed by atoms with Gasteiger partial charge in [-0.25, -0.2) is 0 Å². The number of hydrogen-bond donors (Lipinski definition) is 1. The fourth-order valence-corrected chi connectivity index (χ4v) is 2.24. The van der Waals surface area contributed by atoms with E-state index in [1.165, 1.54) is 0 Å². The minimum Gasteiger partial charge on any atom is -0.497 e. The maximum absolute atomic E-state index is 6.24. The number of nitrogen functional groups attached to an aromatic ring is 1. The van der Waals surface area contributed by atoms with Crippen LogP contribution in [0.1, 0.15) is 32.9 Å². The summed E-state index contributed by atoms with van der Waals surface area (Å²) in [6, 6.07) is 7.96. The minimum absolute atomic E-state index is 0.0200. The maximum atomic E-state index is 6.24. The van der Waals surface area contributed by atoms with E-state index in [4.69, 9.17) is 10.5 Å². The van der Waals surface area contributed by atoms with E-state index in [0.717, 1.165) is 29.0 Å². The van der Waals surface area contributed by atoms with Crippen molar-refractivity contribution < 1.29 is 4.74 Å². The van der Waals surface area contributed by atoms with Gasteiger partial charge in [0.2, 0.25) is 0 Å². The normalized spacial score (nSPS) is 11.7. The molecule has 108 valence electrons. The number of nitrogens with two attached hydrogens (primary N) is 1. The highest BCUT2D eigenvalue weighted by Crippen LogP contribution is 2.38. The van der Waals surface area contributed by atoms with Crippen molar-refractivity contribution >= 4 is 5.82 Å². The standard InChI is InChI=1S/C16H23N3O/c1-6-16(2,3)14-13(15(17)19(4)18-14)11-8-7-9-12(10-11)20-5/h7-10H,6,17H2,1-5H3. The van der Waals surface area contributed by atoms with Gasteiger partial charge < -0.3 is 10.5 Å². The van der Waals surface area contributed by atoms with Crippen LogP contribution in [0.25, 0.3) is 11.1 Å². The SMILES string of the molecule is CCC(C)(C)c1nn(C)c(N)c1-c1cccc(OC)c1. The number of aryl methyl sites for hydroxylation is 1. The van der Waals surface area contributed by atoms with Crippen LogP contribution in [0.4, 0.5) is 5.82 Å². The van der Waals surface area contributed by atoms with Gasteiger partial charge >= 0.3 is 0 Å². The maximum Gasteiger partial charge on any atom is 0.129 e. The van der Waals surface area contributed by atoms with Crippen LogP contribution in [-0.4, -0.2) is 16.9 Å². The number of ether oxygens (including phenoxy) is 1. The number of methoxy groups -OCH3 is 1. The molecule has 0 atom stereocenters. The fourth-order valence-electron chi connectivity index (χ4n) is 2.24. The van der Waals surface area contributed by atoms with Gasteiger partial charge in [0, 0.05) is 18.0 Å². The first-order valence-electron chi connectivity index (χ1n) is 6.88. The summed E-state index contributed by atoms with van der Waals surface area (Å²) >= 11 is 0. The molecule has 0 fully saturated rings. The molecular weight excluding hydrogens is 250 g/mol. The van der Waals surface area contributed by atoms with E-state index in [0.29, 0.717) is 5.82 Å².